The highest BCUT2D eigenvalue weighted by Crippen LogP contribution is 2.51. The average molecular weight is 1530 g/mol. The molecule has 4 heterocycles. The highest BCUT2D eigenvalue weighted by atomic mass is 28.4. The Bertz CT molecular complexity index is 3420. The quantitative estimate of drug-likeness (QED) is 0.0213. The summed E-state index contributed by atoms with van der Waals surface area (Å²) >= 11 is 0. The van der Waals surface area contributed by atoms with Crippen LogP contribution in [0.1, 0.15) is 191 Å². The molecule has 0 bridgehead atoms. The van der Waals surface area contributed by atoms with E-state index in [-0.39, 0.29) is 82.6 Å². The third-order valence-corrected chi connectivity index (χ3v) is 38.1. The molecule has 5 aromatic rings. The lowest BCUT2D eigenvalue weighted by Crippen LogP contribution is -2.66. The van der Waals surface area contributed by atoms with Crippen molar-refractivity contribution < 1.29 is 74.9 Å². The van der Waals surface area contributed by atoms with Gasteiger partial charge in [-0.2, -0.15) is 0 Å². The van der Waals surface area contributed by atoms with Gasteiger partial charge >= 0.3 is 0 Å². The summed E-state index contributed by atoms with van der Waals surface area (Å²) in [5, 5.41) is 2.29. The normalized spacial score (nSPS) is 26.7. The Morgan fingerprint density at radius 2 is 1.08 bits per heavy atom. The molecule has 0 amide bonds. The summed E-state index contributed by atoms with van der Waals surface area (Å²) in [6.45, 7) is 43.3. The van der Waals surface area contributed by atoms with E-state index in [1.165, 1.54) is 10.4 Å². The fourth-order valence-electron chi connectivity index (χ4n) is 16.6. The number of hydrogen-bond acceptors (Lipinski definition) is 16. The zero-order valence-electron chi connectivity index (χ0n) is 69.4. The molecule has 4 fully saturated rings. The summed E-state index contributed by atoms with van der Waals surface area (Å²) in [4.78, 5) is 0. The van der Waals surface area contributed by atoms with Crippen LogP contribution in [0, 0.1) is 11.8 Å². The van der Waals surface area contributed by atoms with Crippen LogP contribution in [0.5, 0.6) is 11.5 Å². The Balaban J connectivity index is 1.00. The van der Waals surface area contributed by atoms with E-state index in [0.29, 0.717) is 115 Å². The minimum absolute atomic E-state index is 0.00580. The summed E-state index contributed by atoms with van der Waals surface area (Å²) in [5.74, 6) is -1.90. The molecule has 19 heteroatoms. The van der Waals surface area contributed by atoms with Crippen molar-refractivity contribution in [1.29, 1.82) is 0 Å². The van der Waals surface area contributed by atoms with Gasteiger partial charge in [-0.15, -0.1) is 0 Å². The highest BCUT2D eigenvalue weighted by Gasteiger charge is 2.56. The second-order valence-corrected chi connectivity index (χ2v) is 49.9. The minimum Gasteiger partial charge on any atom is -0.493 e. The Morgan fingerprint density at radius 3 is 1.65 bits per heavy atom. The zero-order valence-corrected chi connectivity index (χ0v) is 72.4. The van der Waals surface area contributed by atoms with Gasteiger partial charge in [-0.05, 0) is 126 Å². The van der Waals surface area contributed by atoms with Gasteiger partial charge in [0.2, 0.25) is 0 Å². The van der Waals surface area contributed by atoms with Crippen molar-refractivity contribution in [3.63, 3.8) is 0 Å². The molecule has 4 aliphatic heterocycles. The summed E-state index contributed by atoms with van der Waals surface area (Å²) in [6, 6.07) is 48.2. The fraction of sp³-hybridized carbons (Fsp3) is 0.659. The van der Waals surface area contributed by atoms with E-state index in [1.54, 1.807) is 28.4 Å². The van der Waals surface area contributed by atoms with Crippen molar-refractivity contribution >= 4 is 35.3 Å². The maximum atomic E-state index is 7.67. The number of methoxy groups -OCH3 is 4. The molecule has 596 valence electrons. The van der Waals surface area contributed by atoms with E-state index in [4.69, 9.17) is 74.9 Å². The molecule has 0 saturated carbocycles. The van der Waals surface area contributed by atoms with Crippen LogP contribution in [0.3, 0.4) is 0 Å². The van der Waals surface area contributed by atoms with Crippen LogP contribution in [0.15, 0.2) is 140 Å². The molecule has 0 aromatic heterocycles. The standard InChI is InChI=1S/C88H136O16Si3/c1-64(43-45-70-54-86(14,104-106(21,22)83(6,7)8)62-88(92-18,100-70)56-73-50-69(98-85(12,13)99-73)47-48-97-107(84(9,10)11,76-39-31-25-32-40-76)77-41-33-26-34-42-77)81(95-60-68-44-46-78(90-16)80(49-68)91-17)65(2)79(96-63-94-59-67-37-29-24-30-38-67)53-71-51-72(89-15)55-87(101-71)57-74(103-105(19,20)82(3,4)5)52-75(102-87)61-93-58-66-35-27-23-28-36-66/h23-42,44,46,49,64-65,69-75,79,81H,43,45,47-48,50-63H2,1-22H3/t64-,65-,69+,70+,71+,72+,73+,74+,75-,79-,81+,86+,87-,88-/m1/s1. The molecule has 4 saturated heterocycles. The van der Waals surface area contributed by atoms with Gasteiger partial charge in [0.15, 0.2) is 45.5 Å². The first kappa shape index (κ1) is 86.8. The van der Waals surface area contributed by atoms with E-state index in [1.807, 2.05) is 68.4 Å². The van der Waals surface area contributed by atoms with Crippen molar-refractivity contribution in [1.82, 2.24) is 0 Å². The predicted octanol–water partition coefficient (Wildman–Crippen LogP) is 18.8. The van der Waals surface area contributed by atoms with Crippen molar-refractivity contribution in [2.75, 3.05) is 48.4 Å². The predicted molar refractivity (Wildman–Crippen MR) is 433 cm³/mol. The second-order valence-electron chi connectivity index (χ2n) is 36.1. The summed E-state index contributed by atoms with van der Waals surface area (Å²) in [5.41, 5.74) is 2.52. The van der Waals surface area contributed by atoms with Gasteiger partial charge < -0.3 is 74.9 Å². The third kappa shape index (κ3) is 23.3. The summed E-state index contributed by atoms with van der Waals surface area (Å²) in [7, 11) is -0.507. The molecule has 1 spiro atoms. The number of benzene rings is 5. The molecule has 5 aromatic carbocycles. The van der Waals surface area contributed by atoms with Crippen molar-refractivity contribution in [3.8, 4) is 11.5 Å². The lowest BCUT2D eigenvalue weighted by molar-refractivity contribution is -0.345. The molecular weight excluding hydrogens is 1400 g/mol. The van der Waals surface area contributed by atoms with Crippen molar-refractivity contribution in [2.45, 2.75) is 313 Å². The molecule has 4 aliphatic rings. The van der Waals surface area contributed by atoms with Crippen LogP contribution in [0.2, 0.25) is 41.3 Å². The van der Waals surface area contributed by atoms with Crippen LogP contribution in [0.4, 0.5) is 0 Å². The van der Waals surface area contributed by atoms with Crippen LogP contribution >= 0.6 is 0 Å². The highest BCUT2D eigenvalue weighted by molar-refractivity contribution is 6.99. The minimum atomic E-state index is -2.81. The van der Waals surface area contributed by atoms with E-state index in [2.05, 4.69) is 194 Å². The van der Waals surface area contributed by atoms with E-state index < -0.39 is 54.0 Å². The maximum absolute atomic E-state index is 7.67. The van der Waals surface area contributed by atoms with Crippen LogP contribution in [-0.2, 0) is 85.2 Å². The van der Waals surface area contributed by atoms with Gasteiger partial charge in [0.05, 0.1) is 101 Å². The average Bonchev–Trinajstić information content (AvgIpc) is 0.748. The largest absolute Gasteiger partial charge is 0.493 e. The first-order valence-electron chi connectivity index (χ1n) is 39.7. The smallest absolute Gasteiger partial charge is 0.261 e. The number of hydrogen-bond donors (Lipinski definition) is 0. The lowest BCUT2D eigenvalue weighted by Gasteiger charge is -2.54. The van der Waals surface area contributed by atoms with Gasteiger partial charge in [-0.1, -0.05) is 204 Å². The maximum Gasteiger partial charge on any atom is 0.261 e. The fourth-order valence-corrected chi connectivity index (χ4v) is 24.3. The van der Waals surface area contributed by atoms with Gasteiger partial charge in [-0.25, -0.2) is 0 Å². The molecule has 0 N–H and O–H groups in total. The first-order chi connectivity index (χ1) is 50.4. The van der Waals surface area contributed by atoms with E-state index in [0.717, 1.165) is 23.1 Å². The molecule has 9 rings (SSSR count). The third-order valence-electron chi connectivity index (χ3n) is 23.9. The van der Waals surface area contributed by atoms with Gasteiger partial charge in [0.25, 0.3) is 8.32 Å². The van der Waals surface area contributed by atoms with Crippen molar-refractivity contribution in [3.05, 3.63) is 156 Å². The zero-order chi connectivity index (χ0) is 77.7. The molecular formula is C88H136O16Si3. The van der Waals surface area contributed by atoms with Crippen LogP contribution < -0.4 is 19.8 Å². The topological polar surface area (TPSA) is 148 Å². The monoisotopic (exact) mass is 1530 g/mol. The van der Waals surface area contributed by atoms with E-state index >= 15 is 0 Å². The summed E-state index contributed by atoms with van der Waals surface area (Å²) < 4.78 is 111. The second kappa shape index (κ2) is 37.2. The van der Waals surface area contributed by atoms with Crippen molar-refractivity contribution in [2.24, 2.45) is 11.8 Å². The van der Waals surface area contributed by atoms with Gasteiger partial charge in [0.1, 0.15) is 6.79 Å². The molecule has 14 atom stereocenters. The molecule has 0 aliphatic carbocycles. The lowest BCUT2D eigenvalue weighted by atomic mass is 9.80. The summed E-state index contributed by atoms with van der Waals surface area (Å²) in [6.07, 6.45) is 5.10. The Morgan fingerprint density at radius 1 is 0.523 bits per heavy atom. The molecule has 107 heavy (non-hydrogen) atoms. The van der Waals surface area contributed by atoms with E-state index in [9.17, 15) is 0 Å². The first-order valence-corrected chi connectivity index (χ1v) is 47.4. The van der Waals surface area contributed by atoms with Crippen LogP contribution in [0.25, 0.3) is 0 Å². The van der Waals surface area contributed by atoms with Gasteiger partial charge in [0, 0.05) is 84.5 Å². The Kier molecular flexibility index (Phi) is 30.1. The number of ether oxygens (including phenoxy) is 13. The Labute approximate surface area is 647 Å². The molecule has 0 radical (unpaired) electrons. The Hall–Kier alpha value is -4.21. The molecule has 16 nitrogen and oxygen atoms in total. The van der Waals surface area contributed by atoms with Crippen LogP contribution in [-0.4, -0.2) is 151 Å². The SMILES string of the molecule is COc1ccc(CO[C@H]([C@H](C)[C@@H](C[C@@H]2C[C@H](OC)C[C@@]3(C[C@@H](O[Si](C)(C)C(C)(C)C)C[C@H](COCc4ccccc4)O3)O2)OCOCc2ccccc2)[C@H](C)CC[C@H]2C[C@](C)(O[Si](C)(C)C(C)(C)C)C[C@](C[C@@H]3C[C@H](CCO[Si](c4ccccc4)(c4ccccc4)C(C)(C)C)OC(C)(C)O3)(OC)O2)cc1OC. The van der Waals surface area contributed by atoms with Gasteiger partial charge in [-0.3, -0.25) is 0 Å². The number of rotatable bonds is 36. The molecule has 0 unspecified atom stereocenters.